The molecule has 0 spiro atoms. The van der Waals surface area contributed by atoms with Crippen molar-refractivity contribution in [1.29, 1.82) is 0 Å². The van der Waals surface area contributed by atoms with E-state index in [1.807, 2.05) is 30.3 Å². The zero-order valence-corrected chi connectivity index (χ0v) is 10.7. The smallest absolute Gasteiger partial charge is 0.199 e. The van der Waals surface area contributed by atoms with Gasteiger partial charge in [-0.05, 0) is 28.1 Å². The average molecular weight is 302 g/mol. The van der Waals surface area contributed by atoms with E-state index in [4.69, 9.17) is 11.6 Å². The Morgan fingerprint density at radius 1 is 1.13 bits per heavy atom. The van der Waals surface area contributed by atoms with Crippen molar-refractivity contribution in [1.82, 2.24) is 9.97 Å². The van der Waals surface area contributed by atoms with Crippen LogP contribution in [0.1, 0.15) is 0 Å². The van der Waals surface area contributed by atoms with E-state index in [2.05, 4.69) is 25.9 Å². The Bertz CT molecular complexity index is 444. The first kappa shape index (κ1) is 10.9. The predicted molar refractivity (Wildman–Crippen MR) is 65.3 cm³/mol. The van der Waals surface area contributed by atoms with E-state index in [1.54, 1.807) is 17.8 Å². The minimum absolute atomic E-state index is 0.440. The Labute approximate surface area is 105 Å². The van der Waals surface area contributed by atoms with Gasteiger partial charge in [-0.3, -0.25) is 0 Å². The topological polar surface area (TPSA) is 25.8 Å². The molecule has 0 unspecified atom stereocenters. The van der Waals surface area contributed by atoms with Crippen LogP contribution in [0, 0.1) is 0 Å². The van der Waals surface area contributed by atoms with Crippen LogP contribution >= 0.6 is 39.3 Å². The molecule has 0 atom stereocenters. The summed E-state index contributed by atoms with van der Waals surface area (Å²) in [6.45, 7) is 0. The summed E-state index contributed by atoms with van der Waals surface area (Å²) >= 11 is 10.6. The fourth-order valence-electron chi connectivity index (χ4n) is 1.03. The molecule has 0 amide bonds. The van der Waals surface area contributed by atoms with Crippen LogP contribution in [0.25, 0.3) is 0 Å². The van der Waals surface area contributed by atoms with E-state index in [9.17, 15) is 0 Å². The van der Waals surface area contributed by atoms with Crippen molar-refractivity contribution in [2.45, 2.75) is 9.92 Å². The minimum atomic E-state index is 0.440. The summed E-state index contributed by atoms with van der Waals surface area (Å²) in [5.41, 5.74) is 0. The van der Waals surface area contributed by atoms with Crippen LogP contribution in [0.4, 0.5) is 0 Å². The number of rotatable bonds is 2. The monoisotopic (exact) mass is 300 g/mol. The van der Waals surface area contributed by atoms with Crippen molar-refractivity contribution in [2.24, 2.45) is 0 Å². The van der Waals surface area contributed by atoms with Gasteiger partial charge in [0.1, 0.15) is 10.2 Å². The molecule has 1 aromatic carbocycles. The standard InChI is InChI=1S/C10H6BrClN2S/c11-10-13-8(12)6-9(14-10)15-7-4-2-1-3-5-7/h1-6H. The molecule has 0 aliphatic carbocycles. The van der Waals surface area contributed by atoms with Gasteiger partial charge in [-0.25, -0.2) is 9.97 Å². The van der Waals surface area contributed by atoms with E-state index in [-0.39, 0.29) is 0 Å². The highest BCUT2D eigenvalue weighted by Gasteiger charge is 2.02. The maximum Gasteiger partial charge on any atom is 0.199 e. The van der Waals surface area contributed by atoms with Crippen molar-refractivity contribution in [2.75, 3.05) is 0 Å². The van der Waals surface area contributed by atoms with E-state index < -0.39 is 0 Å². The molecule has 2 aromatic rings. The van der Waals surface area contributed by atoms with E-state index in [0.717, 1.165) is 9.92 Å². The summed E-state index contributed by atoms with van der Waals surface area (Å²) in [5, 5.41) is 1.27. The van der Waals surface area contributed by atoms with E-state index in [1.165, 1.54) is 0 Å². The minimum Gasteiger partial charge on any atom is -0.215 e. The predicted octanol–water partition coefficient (Wildman–Crippen LogP) is 4.04. The van der Waals surface area contributed by atoms with E-state index >= 15 is 0 Å². The maximum absolute atomic E-state index is 5.82. The van der Waals surface area contributed by atoms with Gasteiger partial charge >= 0.3 is 0 Å². The quantitative estimate of drug-likeness (QED) is 0.618. The average Bonchev–Trinajstić information content (AvgIpc) is 2.17. The Balaban J connectivity index is 2.25. The molecule has 1 aromatic heterocycles. The third kappa shape index (κ3) is 3.19. The van der Waals surface area contributed by atoms with Gasteiger partial charge in [0.05, 0.1) is 0 Å². The second kappa shape index (κ2) is 4.96. The summed E-state index contributed by atoms with van der Waals surface area (Å²) in [4.78, 5) is 9.27. The highest BCUT2D eigenvalue weighted by molar-refractivity contribution is 9.10. The summed E-state index contributed by atoms with van der Waals surface area (Å²) in [6, 6.07) is 11.7. The van der Waals surface area contributed by atoms with Gasteiger partial charge in [0, 0.05) is 11.0 Å². The molecule has 2 nitrogen and oxygen atoms in total. The fourth-order valence-corrected chi connectivity index (χ4v) is 2.72. The lowest BCUT2D eigenvalue weighted by molar-refractivity contribution is 1.00. The molecule has 76 valence electrons. The van der Waals surface area contributed by atoms with Gasteiger partial charge < -0.3 is 0 Å². The van der Waals surface area contributed by atoms with Crippen LogP contribution in [-0.4, -0.2) is 9.97 Å². The van der Waals surface area contributed by atoms with E-state index in [0.29, 0.717) is 9.89 Å². The molecule has 5 heteroatoms. The number of hydrogen-bond acceptors (Lipinski definition) is 3. The molecule has 0 bridgehead atoms. The molecule has 1 heterocycles. The van der Waals surface area contributed by atoms with Crippen molar-refractivity contribution in [3.8, 4) is 0 Å². The highest BCUT2D eigenvalue weighted by Crippen LogP contribution is 2.27. The van der Waals surface area contributed by atoms with Gasteiger partial charge in [0.2, 0.25) is 0 Å². The first-order chi connectivity index (χ1) is 7.24. The van der Waals surface area contributed by atoms with Crippen molar-refractivity contribution in [3.63, 3.8) is 0 Å². The zero-order valence-electron chi connectivity index (χ0n) is 7.52. The normalized spacial score (nSPS) is 10.3. The zero-order chi connectivity index (χ0) is 10.7. The molecule has 0 saturated carbocycles. The molecule has 0 N–H and O–H groups in total. The summed E-state index contributed by atoms with van der Waals surface area (Å²) in [6.07, 6.45) is 0. The molecule has 0 saturated heterocycles. The lowest BCUT2D eigenvalue weighted by Gasteiger charge is -2.01. The van der Waals surface area contributed by atoms with Crippen LogP contribution in [-0.2, 0) is 0 Å². The van der Waals surface area contributed by atoms with Gasteiger partial charge in [-0.1, -0.05) is 41.6 Å². The Hall–Kier alpha value is -0.580. The summed E-state index contributed by atoms with van der Waals surface area (Å²) in [5.74, 6) is 0. The number of halogens is 2. The molecular formula is C10H6BrClN2S. The van der Waals surface area contributed by atoms with Gasteiger partial charge in [-0.2, -0.15) is 0 Å². The first-order valence-electron chi connectivity index (χ1n) is 4.17. The van der Waals surface area contributed by atoms with Crippen molar-refractivity contribution >= 4 is 39.3 Å². The van der Waals surface area contributed by atoms with Crippen molar-refractivity contribution in [3.05, 3.63) is 46.3 Å². The third-order valence-corrected chi connectivity index (χ3v) is 3.08. The Morgan fingerprint density at radius 2 is 1.87 bits per heavy atom. The van der Waals surface area contributed by atoms with Crippen molar-refractivity contribution < 1.29 is 0 Å². The summed E-state index contributed by atoms with van der Waals surface area (Å²) < 4.78 is 0.508. The van der Waals surface area contributed by atoms with Gasteiger partial charge in [0.15, 0.2) is 4.73 Å². The largest absolute Gasteiger partial charge is 0.215 e. The number of hydrogen-bond donors (Lipinski definition) is 0. The second-order valence-corrected chi connectivity index (χ2v) is 4.90. The Morgan fingerprint density at radius 3 is 2.53 bits per heavy atom. The molecule has 0 aliphatic rings. The molecule has 2 rings (SSSR count). The summed E-state index contributed by atoms with van der Waals surface area (Å²) in [7, 11) is 0. The fraction of sp³-hybridized carbons (Fsp3) is 0. The van der Waals surface area contributed by atoms with Gasteiger partial charge in [-0.15, -0.1) is 0 Å². The first-order valence-corrected chi connectivity index (χ1v) is 6.16. The van der Waals surface area contributed by atoms with Crippen LogP contribution in [0.2, 0.25) is 5.15 Å². The van der Waals surface area contributed by atoms with Gasteiger partial charge in [0.25, 0.3) is 0 Å². The van der Waals surface area contributed by atoms with Crippen LogP contribution in [0.15, 0.2) is 51.1 Å². The second-order valence-electron chi connectivity index (χ2n) is 2.71. The highest BCUT2D eigenvalue weighted by atomic mass is 79.9. The molecule has 15 heavy (non-hydrogen) atoms. The molecule has 0 fully saturated rings. The molecule has 0 radical (unpaired) electrons. The lowest BCUT2D eigenvalue weighted by atomic mass is 10.4. The van der Waals surface area contributed by atoms with Crippen LogP contribution < -0.4 is 0 Å². The molecule has 0 aliphatic heterocycles. The van der Waals surface area contributed by atoms with Crippen LogP contribution in [0.5, 0.6) is 0 Å². The van der Waals surface area contributed by atoms with Crippen LogP contribution in [0.3, 0.4) is 0 Å². The molecular weight excluding hydrogens is 296 g/mol. The lowest BCUT2D eigenvalue weighted by Crippen LogP contribution is -1.86. The maximum atomic E-state index is 5.82. The number of benzene rings is 1. The third-order valence-electron chi connectivity index (χ3n) is 1.61. The SMILES string of the molecule is Clc1cc(Sc2ccccc2)nc(Br)n1. The number of nitrogens with zero attached hydrogens (tertiary/aromatic N) is 2. The Kier molecular flexibility index (Phi) is 3.61. The number of aromatic nitrogens is 2.